The van der Waals surface area contributed by atoms with Crippen LogP contribution in [0.3, 0.4) is 0 Å². The van der Waals surface area contributed by atoms with Crippen molar-refractivity contribution in [3.05, 3.63) is 48.2 Å². The lowest BCUT2D eigenvalue weighted by atomic mass is 10.1. The molecule has 1 aromatic carbocycles. The molecule has 1 fully saturated rings. The number of furan rings is 1. The molecule has 4 nitrogen and oxygen atoms in total. The summed E-state index contributed by atoms with van der Waals surface area (Å²) in [4.78, 5) is 4.83. The zero-order valence-corrected chi connectivity index (χ0v) is 13.1. The first-order chi connectivity index (χ1) is 10.8. The van der Waals surface area contributed by atoms with Crippen molar-refractivity contribution >= 4 is 0 Å². The second kappa shape index (κ2) is 7.09. The van der Waals surface area contributed by atoms with Crippen molar-refractivity contribution in [1.29, 1.82) is 0 Å². The first-order valence-electron chi connectivity index (χ1n) is 7.92. The molecule has 0 amide bonds. The van der Waals surface area contributed by atoms with Gasteiger partial charge in [0, 0.05) is 44.4 Å². The lowest BCUT2D eigenvalue weighted by Gasteiger charge is -2.39. The van der Waals surface area contributed by atoms with Crippen LogP contribution in [0.5, 0.6) is 0 Å². The Labute approximate surface area is 132 Å². The number of likely N-dealkylation sites (N-methyl/N-ethyl adjacent to an activating group) is 1. The van der Waals surface area contributed by atoms with E-state index in [1.807, 2.05) is 12.1 Å². The molecule has 0 bridgehead atoms. The predicted molar refractivity (Wildman–Crippen MR) is 87.5 cm³/mol. The van der Waals surface area contributed by atoms with E-state index in [1.54, 1.807) is 6.26 Å². The van der Waals surface area contributed by atoms with Crippen LogP contribution in [0.4, 0.5) is 0 Å². The lowest BCUT2D eigenvalue weighted by molar-refractivity contribution is 0.0743. The first-order valence-corrected chi connectivity index (χ1v) is 7.92. The van der Waals surface area contributed by atoms with Crippen LogP contribution < -0.4 is 0 Å². The molecule has 1 aliphatic rings. The number of hydrogen-bond acceptors (Lipinski definition) is 4. The smallest absolute Gasteiger partial charge is 0.133 e. The average Bonchev–Trinajstić information content (AvgIpc) is 3.06. The molecule has 3 rings (SSSR count). The lowest BCUT2D eigenvalue weighted by Crippen LogP contribution is -2.51. The standard InChI is InChI=1S/C18H24N2O2/c1-19-9-10-20(14-17(19)8-11-21)13-15-4-6-16(7-5-15)18-3-2-12-22-18/h2-7,12,17,21H,8-11,13-14H2,1H3. The van der Waals surface area contributed by atoms with Crippen LogP contribution in [-0.2, 0) is 6.54 Å². The molecule has 0 saturated carbocycles. The van der Waals surface area contributed by atoms with Crippen molar-refractivity contribution in [2.75, 3.05) is 33.3 Å². The van der Waals surface area contributed by atoms with Crippen LogP contribution in [-0.4, -0.2) is 54.2 Å². The zero-order chi connectivity index (χ0) is 15.4. The predicted octanol–water partition coefficient (Wildman–Crippen LogP) is 2.45. The van der Waals surface area contributed by atoms with E-state index in [1.165, 1.54) is 5.56 Å². The van der Waals surface area contributed by atoms with Crippen molar-refractivity contribution in [1.82, 2.24) is 9.80 Å². The molecule has 1 aliphatic heterocycles. The third-order valence-corrected chi connectivity index (χ3v) is 4.49. The van der Waals surface area contributed by atoms with Gasteiger partial charge in [-0.25, -0.2) is 0 Å². The largest absolute Gasteiger partial charge is 0.464 e. The fraction of sp³-hybridized carbons (Fsp3) is 0.444. The Balaban J connectivity index is 1.61. The van der Waals surface area contributed by atoms with Gasteiger partial charge in [-0.05, 0) is 31.2 Å². The maximum atomic E-state index is 9.18. The maximum Gasteiger partial charge on any atom is 0.133 e. The van der Waals surface area contributed by atoms with Crippen LogP contribution in [0.15, 0.2) is 47.1 Å². The minimum Gasteiger partial charge on any atom is -0.464 e. The Hall–Kier alpha value is -1.62. The highest BCUT2D eigenvalue weighted by Gasteiger charge is 2.23. The molecule has 1 aromatic heterocycles. The molecule has 1 saturated heterocycles. The molecule has 0 spiro atoms. The van der Waals surface area contributed by atoms with Crippen LogP contribution in [0.25, 0.3) is 11.3 Å². The van der Waals surface area contributed by atoms with E-state index >= 15 is 0 Å². The molecule has 1 N–H and O–H groups in total. The minimum atomic E-state index is 0.265. The van der Waals surface area contributed by atoms with Gasteiger partial charge in [0.15, 0.2) is 0 Å². The van der Waals surface area contributed by atoms with E-state index in [2.05, 4.69) is 41.1 Å². The monoisotopic (exact) mass is 300 g/mol. The van der Waals surface area contributed by atoms with E-state index in [9.17, 15) is 5.11 Å². The fourth-order valence-corrected chi connectivity index (χ4v) is 3.09. The molecule has 1 atom stereocenters. The summed E-state index contributed by atoms with van der Waals surface area (Å²) >= 11 is 0. The highest BCUT2D eigenvalue weighted by molar-refractivity contribution is 5.57. The van der Waals surface area contributed by atoms with Gasteiger partial charge in [-0.2, -0.15) is 0 Å². The Morgan fingerprint density at radius 2 is 2.00 bits per heavy atom. The van der Waals surface area contributed by atoms with E-state index in [-0.39, 0.29) is 6.61 Å². The molecule has 22 heavy (non-hydrogen) atoms. The number of aliphatic hydroxyl groups is 1. The van der Waals surface area contributed by atoms with Gasteiger partial charge in [-0.1, -0.05) is 24.3 Å². The molecule has 1 unspecified atom stereocenters. The number of benzene rings is 1. The molecule has 118 valence electrons. The van der Waals surface area contributed by atoms with Crippen LogP contribution in [0, 0.1) is 0 Å². The van der Waals surface area contributed by atoms with Gasteiger partial charge in [0.25, 0.3) is 0 Å². The van der Waals surface area contributed by atoms with E-state index in [0.29, 0.717) is 6.04 Å². The second-order valence-electron chi connectivity index (χ2n) is 6.06. The Morgan fingerprint density at radius 3 is 2.68 bits per heavy atom. The van der Waals surface area contributed by atoms with Crippen LogP contribution >= 0.6 is 0 Å². The van der Waals surface area contributed by atoms with E-state index in [4.69, 9.17) is 4.42 Å². The van der Waals surface area contributed by atoms with Crippen LogP contribution in [0.2, 0.25) is 0 Å². The summed E-state index contributed by atoms with van der Waals surface area (Å²) in [6.45, 7) is 4.40. The van der Waals surface area contributed by atoms with Crippen molar-refractivity contribution in [3.63, 3.8) is 0 Å². The SMILES string of the molecule is CN1CCN(Cc2ccc(-c3ccco3)cc2)CC1CCO. The topological polar surface area (TPSA) is 39.9 Å². The number of rotatable bonds is 5. The van der Waals surface area contributed by atoms with Crippen molar-refractivity contribution in [2.45, 2.75) is 19.0 Å². The summed E-state index contributed by atoms with van der Waals surface area (Å²) in [6, 6.07) is 12.9. The minimum absolute atomic E-state index is 0.265. The molecular formula is C18H24N2O2. The first kappa shape index (κ1) is 15.3. The van der Waals surface area contributed by atoms with Gasteiger partial charge in [0.05, 0.1) is 6.26 Å². The van der Waals surface area contributed by atoms with Gasteiger partial charge in [-0.3, -0.25) is 4.90 Å². The molecule has 2 heterocycles. The summed E-state index contributed by atoms with van der Waals surface area (Å²) in [5.41, 5.74) is 2.44. The Kier molecular flexibility index (Phi) is 4.93. The maximum absolute atomic E-state index is 9.18. The van der Waals surface area contributed by atoms with E-state index in [0.717, 1.165) is 43.9 Å². The van der Waals surface area contributed by atoms with Crippen LogP contribution in [0.1, 0.15) is 12.0 Å². The highest BCUT2D eigenvalue weighted by Crippen LogP contribution is 2.21. The molecule has 4 heteroatoms. The van der Waals surface area contributed by atoms with Gasteiger partial charge in [-0.15, -0.1) is 0 Å². The second-order valence-corrected chi connectivity index (χ2v) is 6.06. The van der Waals surface area contributed by atoms with Gasteiger partial charge in [0.1, 0.15) is 5.76 Å². The molecule has 0 aliphatic carbocycles. The summed E-state index contributed by atoms with van der Waals surface area (Å²) < 4.78 is 5.42. The third kappa shape index (κ3) is 3.58. The quantitative estimate of drug-likeness (QED) is 0.921. The summed E-state index contributed by atoms with van der Waals surface area (Å²) in [5, 5.41) is 9.18. The number of nitrogens with zero attached hydrogens (tertiary/aromatic N) is 2. The summed E-state index contributed by atoms with van der Waals surface area (Å²) in [6.07, 6.45) is 2.55. The summed E-state index contributed by atoms with van der Waals surface area (Å²) in [5.74, 6) is 0.911. The zero-order valence-electron chi connectivity index (χ0n) is 13.1. The number of aliphatic hydroxyl groups excluding tert-OH is 1. The molecule has 2 aromatic rings. The molecule has 0 radical (unpaired) electrons. The highest BCUT2D eigenvalue weighted by atomic mass is 16.3. The fourth-order valence-electron chi connectivity index (χ4n) is 3.09. The van der Waals surface area contributed by atoms with Gasteiger partial charge >= 0.3 is 0 Å². The van der Waals surface area contributed by atoms with Gasteiger partial charge in [0.2, 0.25) is 0 Å². The number of piperazine rings is 1. The van der Waals surface area contributed by atoms with E-state index < -0.39 is 0 Å². The average molecular weight is 300 g/mol. The number of hydrogen-bond donors (Lipinski definition) is 1. The molecular weight excluding hydrogens is 276 g/mol. The van der Waals surface area contributed by atoms with Crippen molar-refractivity contribution in [2.24, 2.45) is 0 Å². The Morgan fingerprint density at radius 1 is 1.18 bits per heavy atom. The van der Waals surface area contributed by atoms with Crippen molar-refractivity contribution in [3.8, 4) is 11.3 Å². The van der Waals surface area contributed by atoms with Crippen molar-refractivity contribution < 1.29 is 9.52 Å². The third-order valence-electron chi connectivity index (χ3n) is 4.49. The Bertz CT molecular complexity index is 565. The van der Waals surface area contributed by atoms with Gasteiger partial charge < -0.3 is 14.4 Å². The normalized spacial score (nSPS) is 20.4. The summed E-state index contributed by atoms with van der Waals surface area (Å²) in [7, 11) is 2.15.